The van der Waals surface area contributed by atoms with Gasteiger partial charge >= 0.3 is 0 Å². The summed E-state index contributed by atoms with van der Waals surface area (Å²) in [5, 5.41) is 0. The van der Waals surface area contributed by atoms with Crippen LogP contribution in [-0.4, -0.2) is 10.6 Å². The Morgan fingerprint density at radius 2 is 1.56 bits per heavy atom. The van der Waals surface area contributed by atoms with Crippen molar-refractivity contribution in [1.29, 1.82) is 0 Å². The number of alkyl halides is 1. The van der Waals surface area contributed by atoms with Crippen molar-refractivity contribution < 1.29 is 4.79 Å². The summed E-state index contributed by atoms with van der Waals surface area (Å²) >= 11 is 4.99. The maximum atomic E-state index is 11.8. The van der Waals surface area contributed by atoms with E-state index >= 15 is 0 Å². The molecule has 18 heavy (non-hydrogen) atoms. The molecule has 0 bridgehead atoms. The Kier molecular flexibility index (Phi) is 4.61. The zero-order valence-corrected chi connectivity index (χ0v) is 12.4. The molecule has 2 rings (SSSR count). The third kappa shape index (κ3) is 3.47. The van der Waals surface area contributed by atoms with E-state index in [9.17, 15) is 4.79 Å². The van der Waals surface area contributed by atoms with Crippen molar-refractivity contribution in [1.82, 2.24) is 0 Å². The predicted molar refractivity (Wildman–Crippen MR) is 79.7 cm³/mol. The minimum Gasteiger partial charge on any atom is -0.293 e. The van der Waals surface area contributed by atoms with Crippen molar-refractivity contribution in [3.63, 3.8) is 0 Å². The molecule has 0 radical (unpaired) electrons. The number of carbonyl (C=O) groups excluding carboxylic acids is 1. The molecular weight excluding hydrogens is 308 g/mol. The summed E-state index contributed by atoms with van der Waals surface area (Å²) in [6.07, 6.45) is 0. The quantitative estimate of drug-likeness (QED) is 0.594. The minimum absolute atomic E-state index is 0.117. The fraction of sp³-hybridized carbons (Fsp3) is 0.133. The van der Waals surface area contributed by atoms with E-state index in [1.807, 2.05) is 49.4 Å². The van der Waals surface area contributed by atoms with Crippen LogP contribution in [0.3, 0.4) is 0 Å². The Bertz CT molecular complexity index is 520. The Morgan fingerprint density at radius 1 is 1.00 bits per heavy atom. The lowest BCUT2D eigenvalue weighted by atomic mass is 10.1. The van der Waals surface area contributed by atoms with Gasteiger partial charge in [-0.1, -0.05) is 58.0 Å². The molecule has 1 atom stereocenters. The van der Waals surface area contributed by atoms with Gasteiger partial charge in [0.25, 0.3) is 0 Å². The molecule has 0 aliphatic rings. The number of benzene rings is 2. The first-order valence-electron chi connectivity index (χ1n) is 5.68. The van der Waals surface area contributed by atoms with Crippen molar-refractivity contribution in [3.05, 3.63) is 60.2 Å². The fourth-order valence-corrected chi connectivity index (χ4v) is 2.64. The SMILES string of the molecule is CC(Br)C(=O)c1ccc(Sc2ccccc2)cc1. The first-order valence-corrected chi connectivity index (χ1v) is 7.41. The number of carbonyl (C=O) groups is 1. The Balaban J connectivity index is 2.11. The van der Waals surface area contributed by atoms with Gasteiger partial charge in [0.2, 0.25) is 0 Å². The van der Waals surface area contributed by atoms with Crippen molar-refractivity contribution in [3.8, 4) is 0 Å². The third-order valence-electron chi connectivity index (χ3n) is 2.48. The topological polar surface area (TPSA) is 17.1 Å². The maximum Gasteiger partial charge on any atom is 0.176 e. The van der Waals surface area contributed by atoms with E-state index in [1.165, 1.54) is 4.90 Å². The monoisotopic (exact) mass is 320 g/mol. The van der Waals surface area contributed by atoms with Crippen molar-refractivity contribution >= 4 is 33.5 Å². The number of rotatable bonds is 4. The van der Waals surface area contributed by atoms with Gasteiger partial charge in [0.15, 0.2) is 5.78 Å². The van der Waals surface area contributed by atoms with Crippen molar-refractivity contribution in [2.75, 3.05) is 0 Å². The standard InChI is InChI=1S/C15H13BrOS/c1-11(16)15(17)12-7-9-14(10-8-12)18-13-5-3-2-4-6-13/h2-11H,1H3. The van der Waals surface area contributed by atoms with E-state index in [2.05, 4.69) is 28.1 Å². The molecule has 0 heterocycles. The number of hydrogen-bond acceptors (Lipinski definition) is 2. The zero-order valence-electron chi connectivity index (χ0n) is 9.97. The number of Topliss-reactive ketones (excluding diaryl/α,β-unsaturated/α-hetero) is 1. The molecular formula is C15H13BrOS. The van der Waals surface area contributed by atoms with Crippen LogP contribution in [0.15, 0.2) is 64.4 Å². The molecule has 92 valence electrons. The Hall–Kier alpha value is -1.06. The first kappa shape index (κ1) is 13.4. The van der Waals surface area contributed by atoms with Gasteiger partial charge in [-0.25, -0.2) is 0 Å². The van der Waals surface area contributed by atoms with E-state index in [0.717, 1.165) is 10.5 Å². The van der Waals surface area contributed by atoms with E-state index < -0.39 is 0 Å². The van der Waals surface area contributed by atoms with Crippen LogP contribution in [0.1, 0.15) is 17.3 Å². The van der Waals surface area contributed by atoms with E-state index in [-0.39, 0.29) is 10.6 Å². The average Bonchev–Trinajstić information content (AvgIpc) is 2.40. The molecule has 3 heteroatoms. The van der Waals surface area contributed by atoms with E-state index in [4.69, 9.17) is 0 Å². The Morgan fingerprint density at radius 3 is 2.11 bits per heavy atom. The molecule has 0 saturated heterocycles. The van der Waals surface area contributed by atoms with Crippen LogP contribution in [0.5, 0.6) is 0 Å². The lowest BCUT2D eigenvalue weighted by molar-refractivity contribution is 0.0996. The molecule has 2 aromatic carbocycles. The molecule has 0 fully saturated rings. The van der Waals surface area contributed by atoms with Crippen LogP contribution in [0.2, 0.25) is 0 Å². The van der Waals surface area contributed by atoms with E-state index in [0.29, 0.717) is 0 Å². The zero-order chi connectivity index (χ0) is 13.0. The fourth-order valence-electron chi connectivity index (χ4n) is 1.54. The summed E-state index contributed by atoms with van der Waals surface area (Å²) in [6, 6.07) is 17.9. The van der Waals surface area contributed by atoms with Gasteiger partial charge in [-0.05, 0) is 31.2 Å². The van der Waals surface area contributed by atoms with Gasteiger partial charge in [-0.3, -0.25) is 4.79 Å². The molecule has 0 aliphatic heterocycles. The van der Waals surface area contributed by atoms with Crippen LogP contribution in [0, 0.1) is 0 Å². The van der Waals surface area contributed by atoms with Gasteiger partial charge in [0.1, 0.15) is 0 Å². The second-order valence-electron chi connectivity index (χ2n) is 3.92. The molecule has 0 saturated carbocycles. The molecule has 0 aromatic heterocycles. The van der Waals surface area contributed by atoms with E-state index in [1.54, 1.807) is 11.8 Å². The summed E-state index contributed by atoms with van der Waals surface area (Å²) in [7, 11) is 0. The van der Waals surface area contributed by atoms with Crippen LogP contribution in [0.25, 0.3) is 0 Å². The normalized spacial score (nSPS) is 12.1. The van der Waals surface area contributed by atoms with Crippen molar-refractivity contribution in [2.45, 2.75) is 21.5 Å². The van der Waals surface area contributed by atoms with Crippen molar-refractivity contribution in [2.24, 2.45) is 0 Å². The summed E-state index contributed by atoms with van der Waals surface area (Å²) < 4.78 is 0. The summed E-state index contributed by atoms with van der Waals surface area (Å²) in [5.74, 6) is 0.117. The lowest BCUT2D eigenvalue weighted by Gasteiger charge is -2.05. The van der Waals surface area contributed by atoms with Crippen LogP contribution in [-0.2, 0) is 0 Å². The average molecular weight is 321 g/mol. The molecule has 1 unspecified atom stereocenters. The second kappa shape index (κ2) is 6.21. The first-order chi connectivity index (χ1) is 8.66. The Labute approximate surface area is 120 Å². The summed E-state index contributed by atoms with van der Waals surface area (Å²) in [5.41, 5.74) is 0.747. The number of hydrogen-bond donors (Lipinski definition) is 0. The van der Waals surface area contributed by atoms with Gasteiger partial charge < -0.3 is 0 Å². The molecule has 0 amide bonds. The third-order valence-corrected chi connectivity index (χ3v) is 3.91. The van der Waals surface area contributed by atoms with Gasteiger partial charge in [-0.2, -0.15) is 0 Å². The molecule has 0 aliphatic carbocycles. The molecule has 2 aromatic rings. The summed E-state index contributed by atoms with van der Waals surface area (Å²) in [4.78, 5) is 14.0. The number of halogens is 1. The minimum atomic E-state index is -0.134. The highest BCUT2D eigenvalue weighted by Gasteiger charge is 2.11. The lowest BCUT2D eigenvalue weighted by Crippen LogP contribution is -2.09. The van der Waals surface area contributed by atoms with Crippen LogP contribution < -0.4 is 0 Å². The smallest absolute Gasteiger partial charge is 0.176 e. The molecule has 0 N–H and O–H groups in total. The van der Waals surface area contributed by atoms with Gasteiger partial charge in [0, 0.05) is 15.4 Å². The highest BCUT2D eigenvalue weighted by atomic mass is 79.9. The van der Waals surface area contributed by atoms with Gasteiger partial charge in [0.05, 0.1) is 4.83 Å². The number of ketones is 1. The maximum absolute atomic E-state index is 11.8. The molecule has 0 spiro atoms. The highest BCUT2D eigenvalue weighted by molar-refractivity contribution is 9.10. The highest BCUT2D eigenvalue weighted by Crippen LogP contribution is 2.27. The predicted octanol–water partition coefficient (Wildman–Crippen LogP) is 4.80. The van der Waals surface area contributed by atoms with Crippen LogP contribution in [0.4, 0.5) is 0 Å². The molecule has 1 nitrogen and oxygen atoms in total. The van der Waals surface area contributed by atoms with Gasteiger partial charge in [-0.15, -0.1) is 0 Å². The largest absolute Gasteiger partial charge is 0.293 e. The van der Waals surface area contributed by atoms with Crippen LogP contribution >= 0.6 is 27.7 Å². The summed E-state index contributed by atoms with van der Waals surface area (Å²) in [6.45, 7) is 1.84. The second-order valence-corrected chi connectivity index (χ2v) is 6.44.